The van der Waals surface area contributed by atoms with Crippen LogP contribution in [0.2, 0.25) is 0 Å². The standard InChI is InChI=1S/C17H18N2O4/c1-12(11-20)17(13-3-7-15(8-4-13)19(21)22)18-14-5-9-16(23-2)10-6-14/h3-12,17-18H,1-2H3/t12-,17-/m0/s1. The van der Waals surface area contributed by atoms with Crippen molar-refractivity contribution in [1.82, 2.24) is 0 Å². The Morgan fingerprint density at radius 1 is 1.13 bits per heavy atom. The van der Waals surface area contributed by atoms with Crippen molar-refractivity contribution in [1.29, 1.82) is 0 Å². The van der Waals surface area contributed by atoms with Crippen molar-refractivity contribution in [2.24, 2.45) is 5.92 Å². The second-order valence-electron chi connectivity index (χ2n) is 5.19. The second-order valence-corrected chi connectivity index (χ2v) is 5.19. The van der Waals surface area contributed by atoms with E-state index in [2.05, 4.69) is 5.32 Å². The van der Waals surface area contributed by atoms with E-state index in [9.17, 15) is 14.9 Å². The molecule has 0 amide bonds. The van der Waals surface area contributed by atoms with E-state index in [4.69, 9.17) is 4.74 Å². The number of anilines is 1. The minimum absolute atomic E-state index is 0.0238. The Morgan fingerprint density at radius 3 is 2.22 bits per heavy atom. The zero-order valence-corrected chi connectivity index (χ0v) is 12.9. The molecule has 0 saturated heterocycles. The van der Waals surface area contributed by atoms with Crippen LogP contribution in [-0.4, -0.2) is 18.3 Å². The van der Waals surface area contributed by atoms with Crippen molar-refractivity contribution in [3.8, 4) is 5.75 Å². The Balaban J connectivity index is 2.25. The van der Waals surface area contributed by atoms with Crippen LogP contribution in [0.3, 0.4) is 0 Å². The molecule has 2 rings (SSSR count). The molecule has 0 radical (unpaired) electrons. The Hall–Kier alpha value is -2.89. The molecule has 120 valence electrons. The van der Waals surface area contributed by atoms with E-state index in [1.54, 1.807) is 26.2 Å². The molecule has 0 aliphatic carbocycles. The minimum Gasteiger partial charge on any atom is -0.497 e. The lowest BCUT2D eigenvalue weighted by Gasteiger charge is -2.23. The summed E-state index contributed by atoms with van der Waals surface area (Å²) in [7, 11) is 1.59. The first-order chi connectivity index (χ1) is 11.0. The lowest BCUT2D eigenvalue weighted by molar-refractivity contribution is -0.384. The molecule has 0 bridgehead atoms. The van der Waals surface area contributed by atoms with Gasteiger partial charge in [-0.25, -0.2) is 0 Å². The van der Waals surface area contributed by atoms with Gasteiger partial charge in [0.15, 0.2) is 0 Å². The van der Waals surface area contributed by atoms with E-state index >= 15 is 0 Å². The predicted molar refractivity (Wildman–Crippen MR) is 87.7 cm³/mol. The van der Waals surface area contributed by atoms with E-state index in [1.807, 2.05) is 24.3 Å². The van der Waals surface area contributed by atoms with Gasteiger partial charge in [-0.2, -0.15) is 0 Å². The van der Waals surface area contributed by atoms with Crippen LogP contribution in [0.15, 0.2) is 48.5 Å². The van der Waals surface area contributed by atoms with Crippen molar-refractivity contribution < 1.29 is 14.5 Å². The molecule has 0 fully saturated rings. The maximum atomic E-state index is 11.2. The molecule has 0 spiro atoms. The minimum atomic E-state index is -0.446. The molecule has 0 saturated carbocycles. The highest BCUT2D eigenvalue weighted by atomic mass is 16.6. The molecule has 2 atom stereocenters. The predicted octanol–water partition coefficient (Wildman–Crippen LogP) is 3.59. The van der Waals surface area contributed by atoms with Crippen LogP contribution in [0.5, 0.6) is 5.75 Å². The second kappa shape index (κ2) is 7.40. The third kappa shape index (κ3) is 4.06. The maximum absolute atomic E-state index is 11.2. The number of rotatable bonds is 7. The smallest absolute Gasteiger partial charge is 0.269 e. The van der Waals surface area contributed by atoms with Gasteiger partial charge in [-0.05, 0) is 29.8 Å². The third-order valence-corrected chi connectivity index (χ3v) is 3.62. The fraction of sp³-hybridized carbons (Fsp3) is 0.235. The van der Waals surface area contributed by atoms with Crippen molar-refractivity contribution >= 4 is 17.7 Å². The molecule has 0 aromatic heterocycles. The summed E-state index contributed by atoms with van der Waals surface area (Å²) >= 11 is 0. The summed E-state index contributed by atoms with van der Waals surface area (Å²) in [6.45, 7) is 1.80. The van der Waals surface area contributed by atoms with E-state index in [1.165, 1.54) is 12.1 Å². The number of methoxy groups -OCH3 is 1. The van der Waals surface area contributed by atoms with Crippen LogP contribution in [0.25, 0.3) is 0 Å². The zero-order chi connectivity index (χ0) is 16.8. The summed E-state index contributed by atoms with van der Waals surface area (Å²) in [5.74, 6) is 0.449. The van der Waals surface area contributed by atoms with Gasteiger partial charge in [0.25, 0.3) is 5.69 Å². The summed E-state index contributed by atoms with van der Waals surface area (Å²) in [6.07, 6.45) is 0.864. The van der Waals surface area contributed by atoms with Gasteiger partial charge in [0.05, 0.1) is 18.1 Å². The van der Waals surface area contributed by atoms with Crippen molar-refractivity contribution in [2.45, 2.75) is 13.0 Å². The quantitative estimate of drug-likeness (QED) is 0.480. The number of nitro benzene ring substituents is 1. The highest BCUT2D eigenvalue weighted by Gasteiger charge is 2.19. The first-order valence-corrected chi connectivity index (χ1v) is 7.15. The molecule has 23 heavy (non-hydrogen) atoms. The number of hydrogen-bond acceptors (Lipinski definition) is 5. The number of carbonyl (C=O) groups excluding carboxylic acids is 1. The average Bonchev–Trinajstić information content (AvgIpc) is 2.59. The van der Waals surface area contributed by atoms with Crippen LogP contribution >= 0.6 is 0 Å². The van der Waals surface area contributed by atoms with Gasteiger partial charge in [-0.15, -0.1) is 0 Å². The molecule has 0 unspecified atom stereocenters. The Labute approximate surface area is 134 Å². The molecular weight excluding hydrogens is 296 g/mol. The van der Waals surface area contributed by atoms with Gasteiger partial charge in [-0.1, -0.05) is 19.1 Å². The lowest BCUT2D eigenvalue weighted by Crippen LogP contribution is -2.19. The normalized spacial score (nSPS) is 13.0. The zero-order valence-electron chi connectivity index (χ0n) is 12.9. The third-order valence-electron chi connectivity index (χ3n) is 3.62. The molecule has 2 aromatic rings. The molecule has 2 aromatic carbocycles. The monoisotopic (exact) mass is 314 g/mol. The van der Waals surface area contributed by atoms with Gasteiger partial charge in [0, 0.05) is 23.7 Å². The summed E-state index contributed by atoms with van der Waals surface area (Å²) in [4.78, 5) is 21.5. The van der Waals surface area contributed by atoms with E-state index in [0.717, 1.165) is 23.3 Å². The topological polar surface area (TPSA) is 81.5 Å². The van der Waals surface area contributed by atoms with Gasteiger partial charge in [-0.3, -0.25) is 10.1 Å². The molecule has 0 heterocycles. The van der Waals surface area contributed by atoms with Gasteiger partial charge in [0.1, 0.15) is 12.0 Å². The number of benzene rings is 2. The summed E-state index contributed by atoms with van der Waals surface area (Å²) < 4.78 is 5.12. The number of carbonyl (C=O) groups is 1. The number of nitrogens with zero attached hydrogens (tertiary/aromatic N) is 1. The number of ether oxygens (including phenoxy) is 1. The average molecular weight is 314 g/mol. The van der Waals surface area contributed by atoms with Crippen LogP contribution in [0.1, 0.15) is 18.5 Å². The Morgan fingerprint density at radius 2 is 1.74 bits per heavy atom. The fourth-order valence-corrected chi connectivity index (χ4v) is 2.27. The Bertz CT molecular complexity index is 668. The summed E-state index contributed by atoms with van der Waals surface area (Å²) in [5, 5.41) is 14.0. The van der Waals surface area contributed by atoms with Crippen LogP contribution in [0, 0.1) is 16.0 Å². The highest BCUT2D eigenvalue weighted by molar-refractivity contribution is 5.58. The highest BCUT2D eigenvalue weighted by Crippen LogP contribution is 2.28. The SMILES string of the molecule is COc1ccc(N[C@H](c2ccc([N+](=O)[O-])cc2)[C@@H](C)C=O)cc1. The number of aldehydes is 1. The largest absolute Gasteiger partial charge is 0.497 e. The van der Waals surface area contributed by atoms with Crippen molar-refractivity contribution in [3.05, 3.63) is 64.2 Å². The lowest BCUT2D eigenvalue weighted by atomic mass is 9.95. The van der Waals surface area contributed by atoms with Crippen molar-refractivity contribution in [3.63, 3.8) is 0 Å². The van der Waals surface area contributed by atoms with E-state index < -0.39 is 4.92 Å². The fourth-order valence-electron chi connectivity index (χ4n) is 2.27. The number of non-ortho nitro benzene ring substituents is 1. The van der Waals surface area contributed by atoms with Gasteiger partial charge in [0.2, 0.25) is 0 Å². The number of nitro groups is 1. The molecule has 6 heteroatoms. The molecule has 0 aliphatic rings. The van der Waals surface area contributed by atoms with Crippen molar-refractivity contribution in [2.75, 3.05) is 12.4 Å². The maximum Gasteiger partial charge on any atom is 0.269 e. The number of hydrogen-bond donors (Lipinski definition) is 1. The molecule has 1 N–H and O–H groups in total. The summed E-state index contributed by atoms with van der Waals surface area (Å²) in [6, 6.07) is 13.3. The molecule has 6 nitrogen and oxygen atoms in total. The van der Waals surface area contributed by atoms with Gasteiger partial charge >= 0.3 is 0 Å². The first-order valence-electron chi connectivity index (χ1n) is 7.15. The van der Waals surface area contributed by atoms with Crippen LogP contribution < -0.4 is 10.1 Å². The van der Waals surface area contributed by atoms with Gasteiger partial charge < -0.3 is 14.8 Å². The first kappa shape index (κ1) is 16.5. The summed E-state index contributed by atoms with van der Waals surface area (Å²) in [5.41, 5.74) is 1.67. The van der Waals surface area contributed by atoms with E-state index in [-0.39, 0.29) is 17.6 Å². The Kier molecular flexibility index (Phi) is 5.30. The number of nitrogens with one attached hydrogen (secondary N) is 1. The van der Waals surface area contributed by atoms with E-state index in [0.29, 0.717) is 0 Å². The molecular formula is C17H18N2O4. The van der Waals surface area contributed by atoms with Crippen LogP contribution in [-0.2, 0) is 4.79 Å². The molecule has 0 aliphatic heterocycles. The van der Waals surface area contributed by atoms with Crippen LogP contribution in [0.4, 0.5) is 11.4 Å².